The molecule has 6 nitrogen and oxygen atoms in total. The van der Waals surface area contributed by atoms with Crippen molar-refractivity contribution in [1.29, 1.82) is 0 Å². The van der Waals surface area contributed by atoms with Crippen molar-refractivity contribution < 1.29 is 9.59 Å². The summed E-state index contributed by atoms with van der Waals surface area (Å²) in [6.45, 7) is 7.94. The van der Waals surface area contributed by atoms with Gasteiger partial charge in [-0.1, -0.05) is 20.8 Å². The first-order valence-electron chi connectivity index (χ1n) is 6.39. The maximum absolute atomic E-state index is 11.6. The summed E-state index contributed by atoms with van der Waals surface area (Å²) in [7, 11) is 0. The molecule has 0 radical (unpaired) electrons. The highest BCUT2D eigenvalue weighted by molar-refractivity contribution is 5.89. The zero-order valence-corrected chi connectivity index (χ0v) is 12.0. The van der Waals surface area contributed by atoms with Crippen LogP contribution in [0.5, 0.6) is 0 Å². The van der Waals surface area contributed by atoms with Crippen molar-refractivity contribution in [3.63, 3.8) is 0 Å². The molecule has 1 heterocycles. The van der Waals surface area contributed by atoms with E-state index in [0.29, 0.717) is 25.2 Å². The lowest BCUT2D eigenvalue weighted by molar-refractivity contribution is -0.128. The van der Waals surface area contributed by atoms with Crippen LogP contribution in [0, 0.1) is 12.3 Å². The van der Waals surface area contributed by atoms with E-state index in [0.717, 1.165) is 5.69 Å². The third-order valence-electron chi connectivity index (χ3n) is 2.52. The Morgan fingerprint density at radius 3 is 2.58 bits per heavy atom. The van der Waals surface area contributed by atoms with Gasteiger partial charge in [-0.25, -0.2) is 0 Å². The van der Waals surface area contributed by atoms with Crippen LogP contribution in [-0.4, -0.2) is 28.6 Å². The molecule has 1 rings (SSSR count). The second-order valence-corrected chi connectivity index (χ2v) is 5.59. The highest BCUT2D eigenvalue weighted by Gasteiger charge is 2.20. The van der Waals surface area contributed by atoms with Crippen LogP contribution in [0.4, 0.5) is 5.82 Å². The molecule has 0 aliphatic carbocycles. The molecule has 0 bridgehead atoms. The number of carbonyl (C=O) groups excluding carboxylic acids is 2. The van der Waals surface area contributed by atoms with E-state index in [1.54, 1.807) is 6.07 Å². The van der Waals surface area contributed by atoms with E-state index in [9.17, 15) is 9.59 Å². The lowest BCUT2D eigenvalue weighted by Gasteiger charge is -2.17. The number of nitrogens with zero attached hydrogens (tertiary/aromatic N) is 1. The van der Waals surface area contributed by atoms with Crippen LogP contribution in [0.1, 0.15) is 39.3 Å². The van der Waals surface area contributed by atoms with Crippen molar-refractivity contribution in [1.82, 2.24) is 15.5 Å². The van der Waals surface area contributed by atoms with Gasteiger partial charge in [0.15, 0.2) is 5.82 Å². The zero-order chi connectivity index (χ0) is 14.5. The summed E-state index contributed by atoms with van der Waals surface area (Å²) in [4.78, 5) is 23.2. The molecule has 0 fully saturated rings. The molecule has 0 aliphatic rings. The number of aryl methyl sites for hydroxylation is 1. The summed E-state index contributed by atoms with van der Waals surface area (Å²) in [6.07, 6.45) is 0.966. The molecule has 2 amide bonds. The van der Waals surface area contributed by atoms with Gasteiger partial charge in [-0.05, 0) is 13.3 Å². The van der Waals surface area contributed by atoms with E-state index in [1.807, 2.05) is 27.7 Å². The van der Waals surface area contributed by atoms with Gasteiger partial charge in [-0.3, -0.25) is 14.7 Å². The Morgan fingerprint density at radius 1 is 1.37 bits per heavy atom. The van der Waals surface area contributed by atoms with E-state index >= 15 is 0 Å². The molecule has 0 aromatic carbocycles. The molecule has 0 saturated heterocycles. The largest absolute Gasteiger partial charge is 0.356 e. The van der Waals surface area contributed by atoms with Gasteiger partial charge < -0.3 is 10.6 Å². The van der Waals surface area contributed by atoms with Gasteiger partial charge in [0.1, 0.15) is 0 Å². The molecule has 106 valence electrons. The minimum atomic E-state index is -0.394. The van der Waals surface area contributed by atoms with Crippen molar-refractivity contribution >= 4 is 17.6 Å². The predicted molar refractivity (Wildman–Crippen MR) is 73.7 cm³/mol. The number of nitrogens with one attached hydrogen (secondary N) is 3. The Labute approximate surface area is 113 Å². The molecule has 0 unspecified atom stereocenters. The summed E-state index contributed by atoms with van der Waals surface area (Å²) in [6, 6.07) is 1.76. The third kappa shape index (κ3) is 5.54. The quantitative estimate of drug-likeness (QED) is 0.707. The van der Waals surface area contributed by atoms with Crippen molar-refractivity contribution in [3.05, 3.63) is 11.8 Å². The Morgan fingerprint density at radius 2 is 2.05 bits per heavy atom. The van der Waals surface area contributed by atoms with Crippen LogP contribution in [0.2, 0.25) is 0 Å². The predicted octanol–water partition coefficient (Wildman–Crippen LogP) is 1.60. The van der Waals surface area contributed by atoms with Gasteiger partial charge in [0.25, 0.3) is 0 Å². The van der Waals surface area contributed by atoms with Crippen LogP contribution in [0.15, 0.2) is 6.07 Å². The standard InChI is InChI=1S/C13H22N4O2/c1-9-8-10(17-16-9)15-11(18)6-5-7-14-12(19)13(2,3)4/h8H,5-7H2,1-4H3,(H,14,19)(H2,15,16,17,18). The van der Waals surface area contributed by atoms with E-state index in [4.69, 9.17) is 0 Å². The summed E-state index contributed by atoms with van der Waals surface area (Å²) in [5.74, 6) is 0.425. The topological polar surface area (TPSA) is 86.9 Å². The fourth-order valence-electron chi connectivity index (χ4n) is 1.40. The van der Waals surface area contributed by atoms with Gasteiger partial charge in [-0.2, -0.15) is 5.10 Å². The molecule has 0 atom stereocenters. The Bertz CT molecular complexity index is 446. The minimum absolute atomic E-state index is 0.00386. The number of aromatic nitrogens is 2. The first-order valence-corrected chi connectivity index (χ1v) is 6.39. The fraction of sp³-hybridized carbons (Fsp3) is 0.615. The summed E-state index contributed by atoms with van der Waals surface area (Å²) >= 11 is 0. The van der Waals surface area contributed by atoms with Gasteiger partial charge in [0, 0.05) is 30.1 Å². The summed E-state index contributed by atoms with van der Waals surface area (Å²) in [5.41, 5.74) is 0.502. The van der Waals surface area contributed by atoms with Crippen LogP contribution in [0.3, 0.4) is 0 Å². The Kier molecular flexibility index (Phi) is 5.09. The van der Waals surface area contributed by atoms with Gasteiger partial charge in [0.2, 0.25) is 11.8 Å². The molecule has 1 aromatic heterocycles. The number of carbonyl (C=O) groups is 2. The molecular weight excluding hydrogens is 244 g/mol. The number of anilines is 1. The van der Waals surface area contributed by atoms with Crippen molar-refractivity contribution in [2.45, 2.75) is 40.5 Å². The van der Waals surface area contributed by atoms with Gasteiger partial charge >= 0.3 is 0 Å². The number of aromatic amines is 1. The number of H-pyrrole nitrogens is 1. The monoisotopic (exact) mass is 266 g/mol. The molecule has 3 N–H and O–H groups in total. The van der Waals surface area contributed by atoms with E-state index in [2.05, 4.69) is 20.8 Å². The average Bonchev–Trinajstić information content (AvgIpc) is 2.68. The Balaban J connectivity index is 2.19. The van der Waals surface area contributed by atoms with Crippen LogP contribution in [-0.2, 0) is 9.59 Å². The highest BCUT2D eigenvalue weighted by atomic mass is 16.2. The molecule has 1 aromatic rings. The lowest BCUT2D eigenvalue weighted by atomic mass is 9.96. The summed E-state index contributed by atoms with van der Waals surface area (Å²) < 4.78 is 0. The van der Waals surface area contributed by atoms with Crippen LogP contribution in [0.25, 0.3) is 0 Å². The second-order valence-electron chi connectivity index (χ2n) is 5.59. The number of amides is 2. The summed E-state index contributed by atoms with van der Waals surface area (Å²) in [5, 5.41) is 12.2. The number of hydrogen-bond acceptors (Lipinski definition) is 3. The normalized spacial score (nSPS) is 11.2. The highest BCUT2D eigenvalue weighted by Crippen LogP contribution is 2.12. The molecule has 0 spiro atoms. The van der Waals surface area contributed by atoms with E-state index in [-0.39, 0.29) is 11.8 Å². The van der Waals surface area contributed by atoms with E-state index in [1.165, 1.54) is 0 Å². The minimum Gasteiger partial charge on any atom is -0.356 e. The van der Waals surface area contributed by atoms with Crippen molar-refractivity contribution in [2.24, 2.45) is 5.41 Å². The molecule has 0 aliphatic heterocycles. The van der Waals surface area contributed by atoms with Crippen LogP contribution < -0.4 is 10.6 Å². The molecular formula is C13H22N4O2. The molecule has 0 saturated carbocycles. The number of rotatable bonds is 5. The molecule has 19 heavy (non-hydrogen) atoms. The average molecular weight is 266 g/mol. The second kappa shape index (κ2) is 6.36. The smallest absolute Gasteiger partial charge is 0.225 e. The lowest BCUT2D eigenvalue weighted by Crippen LogP contribution is -2.35. The van der Waals surface area contributed by atoms with Gasteiger partial charge in [-0.15, -0.1) is 0 Å². The maximum Gasteiger partial charge on any atom is 0.225 e. The van der Waals surface area contributed by atoms with E-state index < -0.39 is 5.41 Å². The van der Waals surface area contributed by atoms with Gasteiger partial charge in [0.05, 0.1) is 0 Å². The number of hydrogen-bond donors (Lipinski definition) is 3. The first-order chi connectivity index (χ1) is 8.79. The fourth-order valence-corrected chi connectivity index (χ4v) is 1.40. The SMILES string of the molecule is Cc1cc(NC(=O)CCCNC(=O)C(C)(C)C)n[nH]1. The zero-order valence-electron chi connectivity index (χ0n) is 12.0. The van der Waals surface area contributed by atoms with Crippen molar-refractivity contribution in [2.75, 3.05) is 11.9 Å². The maximum atomic E-state index is 11.6. The van der Waals surface area contributed by atoms with Crippen LogP contribution >= 0.6 is 0 Å². The third-order valence-corrected chi connectivity index (χ3v) is 2.52. The molecule has 6 heteroatoms. The van der Waals surface area contributed by atoms with Crippen molar-refractivity contribution in [3.8, 4) is 0 Å². The first kappa shape index (κ1) is 15.2. The Hall–Kier alpha value is -1.85.